The molecule has 1 amide bonds. The van der Waals surface area contributed by atoms with Crippen molar-refractivity contribution in [2.75, 3.05) is 33.3 Å². The van der Waals surface area contributed by atoms with Gasteiger partial charge in [-0.15, -0.1) is 0 Å². The maximum Gasteiger partial charge on any atom is 0.243 e. The fraction of sp³-hybridized carbons (Fsp3) is 0.304. The fourth-order valence-corrected chi connectivity index (χ4v) is 5.04. The number of carbonyl (C=O) groups excluding carboxylic acids is 1. The van der Waals surface area contributed by atoms with Crippen molar-refractivity contribution in [1.82, 2.24) is 14.2 Å². The van der Waals surface area contributed by atoms with Crippen molar-refractivity contribution in [3.8, 4) is 17.1 Å². The minimum atomic E-state index is -3.63. The van der Waals surface area contributed by atoms with Crippen molar-refractivity contribution in [2.45, 2.75) is 17.7 Å². The number of nitrogens with zero attached hydrogens (tertiary/aromatic N) is 3. The summed E-state index contributed by atoms with van der Waals surface area (Å²) in [6.45, 7) is 1.10. The number of carbonyl (C=O) groups is 1. The molecule has 0 bridgehead atoms. The number of piperazine rings is 1. The van der Waals surface area contributed by atoms with Gasteiger partial charge >= 0.3 is 0 Å². The van der Waals surface area contributed by atoms with Gasteiger partial charge in [0.25, 0.3) is 0 Å². The summed E-state index contributed by atoms with van der Waals surface area (Å²) >= 11 is 0. The van der Waals surface area contributed by atoms with Crippen LogP contribution in [0.1, 0.15) is 12.3 Å². The second-order valence-electron chi connectivity index (χ2n) is 7.59. The number of aryl methyl sites for hydroxylation is 1. The number of amides is 1. The quantitative estimate of drug-likeness (QED) is 0.524. The van der Waals surface area contributed by atoms with E-state index in [0.29, 0.717) is 42.5 Å². The summed E-state index contributed by atoms with van der Waals surface area (Å²) in [5.41, 5.74) is 0.704. The largest absolute Gasteiger partial charge is 0.497 e. The molecule has 3 aromatic rings. The molecule has 2 aromatic carbocycles. The van der Waals surface area contributed by atoms with Crippen LogP contribution in [0.2, 0.25) is 0 Å². The Morgan fingerprint density at radius 2 is 1.73 bits per heavy atom. The molecule has 4 rings (SSSR count). The van der Waals surface area contributed by atoms with Crippen LogP contribution in [0.25, 0.3) is 11.3 Å². The highest BCUT2D eigenvalue weighted by molar-refractivity contribution is 7.89. The second kappa shape index (κ2) is 9.72. The van der Waals surface area contributed by atoms with Crippen LogP contribution in [0.15, 0.2) is 64.0 Å². The predicted octanol–water partition coefficient (Wildman–Crippen LogP) is 2.96. The van der Waals surface area contributed by atoms with E-state index in [1.807, 2.05) is 0 Å². The van der Waals surface area contributed by atoms with E-state index in [9.17, 15) is 17.6 Å². The second-order valence-corrected chi connectivity index (χ2v) is 9.52. The minimum Gasteiger partial charge on any atom is -0.497 e. The number of ether oxygens (including phenoxy) is 1. The smallest absolute Gasteiger partial charge is 0.243 e. The summed E-state index contributed by atoms with van der Waals surface area (Å²) in [5, 5.41) is 0. The lowest BCUT2D eigenvalue weighted by molar-refractivity contribution is -0.132. The van der Waals surface area contributed by atoms with E-state index in [4.69, 9.17) is 9.15 Å². The van der Waals surface area contributed by atoms with Crippen LogP contribution in [-0.4, -0.2) is 61.8 Å². The van der Waals surface area contributed by atoms with Crippen LogP contribution in [0.5, 0.6) is 5.75 Å². The highest BCUT2D eigenvalue weighted by Gasteiger charge is 2.30. The van der Waals surface area contributed by atoms with Crippen LogP contribution < -0.4 is 4.74 Å². The Bertz CT molecular complexity index is 1200. The van der Waals surface area contributed by atoms with Gasteiger partial charge < -0.3 is 14.1 Å². The van der Waals surface area contributed by atoms with Crippen molar-refractivity contribution < 1.29 is 26.8 Å². The number of hydrogen-bond donors (Lipinski definition) is 0. The van der Waals surface area contributed by atoms with E-state index in [1.54, 1.807) is 35.4 Å². The lowest BCUT2D eigenvalue weighted by atomic mass is 10.2. The summed E-state index contributed by atoms with van der Waals surface area (Å²) in [5.74, 6) is 1.09. The number of methoxy groups -OCH3 is 1. The first kappa shape index (κ1) is 22.9. The number of benzene rings is 2. The van der Waals surface area contributed by atoms with Gasteiger partial charge in [-0.3, -0.25) is 4.79 Å². The third kappa shape index (κ3) is 5.23. The number of aromatic nitrogens is 1. The summed E-state index contributed by atoms with van der Waals surface area (Å²) in [6.07, 6.45) is 2.08. The number of halogens is 1. The first-order valence-electron chi connectivity index (χ1n) is 10.5. The van der Waals surface area contributed by atoms with E-state index in [-0.39, 0.29) is 36.1 Å². The Hall–Kier alpha value is -3.24. The van der Waals surface area contributed by atoms with E-state index in [0.717, 1.165) is 0 Å². The monoisotopic (exact) mass is 473 g/mol. The lowest BCUT2D eigenvalue weighted by Gasteiger charge is -2.34. The molecule has 1 aliphatic rings. The zero-order valence-electron chi connectivity index (χ0n) is 18.1. The first-order valence-corrected chi connectivity index (χ1v) is 11.9. The van der Waals surface area contributed by atoms with Crippen molar-refractivity contribution in [3.05, 3.63) is 66.4 Å². The van der Waals surface area contributed by atoms with E-state index in [1.165, 1.54) is 35.7 Å². The number of rotatable bonds is 7. The summed E-state index contributed by atoms with van der Waals surface area (Å²) in [4.78, 5) is 18.7. The Labute approximate surface area is 191 Å². The Morgan fingerprint density at radius 1 is 1.06 bits per heavy atom. The molecule has 174 valence electrons. The minimum absolute atomic E-state index is 0.0852. The molecule has 0 saturated carbocycles. The zero-order chi connectivity index (χ0) is 23.4. The van der Waals surface area contributed by atoms with Crippen LogP contribution in [0.4, 0.5) is 4.39 Å². The molecule has 0 radical (unpaired) electrons. The van der Waals surface area contributed by atoms with E-state index >= 15 is 0 Å². The summed E-state index contributed by atoms with van der Waals surface area (Å²) < 4.78 is 50.9. The molecule has 1 fully saturated rings. The van der Waals surface area contributed by atoms with Gasteiger partial charge in [0.2, 0.25) is 15.9 Å². The van der Waals surface area contributed by atoms with Gasteiger partial charge in [-0.25, -0.2) is 17.8 Å². The van der Waals surface area contributed by atoms with Crippen LogP contribution in [0.3, 0.4) is 0 Å². The molecule has 1 saturated heterocycles. The Kier molecular flexibility index (Phi) is 6.75. The van der Waals surface area contributed by atoms with Crippen molar-refractivity contribution in [3.63, 3.8) is 0 Å². The molecule has 1 aliphatic heterocycles. The van der Waals surface area contributed by atoms with Crippen molar-refractivity contribution >= 4 is 15.9 Å². The third-order valence-corrected chi connectivity index (χ3v) is 7.44. The van der Waals surface area contributed by atoms with Gasteiger partial charge in [0.05, 0.1) is 18.2 Å². The molecule has 1 aromatic heterocycles. The van der Waals surface area contributed by atoms with E-state index in [2.05, 4.69) is 4.98 Å². The highest BCUT2D eigenvalue weighted by atomic mass is 32.2. The van der Waals surface area contributed by atoms with Gasteiger partial charge in [-0.05, 0) is 48.5 Å². The molecule has 0 atom stereocenters. The average molecular weight is 474 g/mol. The number of hydrogen-bond acceptors (Lipinski definition) is 6. The van der Waals surface area contributed by atoms with Crippen LogP contribution >= 0.6 is 0 Å². The van der Waals surface area contributed by atoms with Crippen molar-refractivity contribution in [2.24, 2.45) is 0 Å². The standard InChI is InChI=1S/C23H24FN3O5S/c1-31-19-6-8-20(9-7-19)33(29,30)27-14-12-26(13-15-27)23(28)11-10-22-25-16-21(32-22)17-2-4-18(24)5-3-17/h2-9,16H,10-15H2,1H3. The SMILES string of the molecule is COc1ccc(S(=O)(=O)N2CCN(C(=O)CCc3ncc(-c4ccc(F)cc4)o3)CC2)cc1. The molecule has 8 nitrogen and oxygen atoms in total. The number of oxazole rings is 1. The Balaban J connectivity index is 1.29. The van der Waals surface area contributed by atoms with Gasteiger partial charge in [0.15, 0.2) is 11.7 Å². The molecule has 0 spiro atoms. The molecular formula is C23H24FN3O5S. The molecule has 2 heterocycles. The topological polar surface area (TPSA) is 93.0 Å². The molecule has 0 aliphatic carbocycles. The Morgan fingerprint density at radius 3 is 2.36 bits per heavy atom. The van der Waals surface area contributed by atoms with Gasteiger partial charge in [0.1, 0.15) is 11.6 Å². The maximum atomic E-state index is 13.1. The molecule has 0 unspecified atom stereocenters. The lowest BCUT2D eigenvalue weighted by Crippen LogP contribution is -2.50. The molecule has 10 heteroatoms. The van der Waals surface area contributed by atoms with Gasteiger partial charge in [-0.2, -0.15) is 4.31 Å². The molecule has 33 heavy (non-hydrogen) atoms. The normalized spacial score (nSPS) is 14.9. The highest BCUT2D eigenvalue weighted by Crippen LogP contribution is 2.23. The average Bonchev–Trinajstić information content (AvgIpc) is 3.32. The first-order chi connectivity index (χ1) is 15.9. The van der Waals surface area contributed by atoms with Crippen LogP contribution in [0, 0.1) is 5.82 Å². The fourth-order valence-electron chi connectivity index (χ4n) is 3.62. The molecular weight excluding hydrogens is 449 g/mol. The summed E-state index contributed by atoms with van der Waals surface area (Å²) in [6, 6.07) is 12.1. The van der Waals surface area contributed by atoms with Gasteiger partial charge in [0, 0.05) is 44.6 Å². The third-order valence-electron chi connectivity index (χ3n) is 5.52. The molecule has 0 N–H and O–H groups in total. The maximum absolute atomic E-state index is 13.1. The van der Waals surface area contributed by atoms with E-state index < -0.39 is 10.0 Å². The number of sulfonamides is 1. The summed E-state index contributed by atoms with van der Waals surface area (Å²) in [7, 11) is -2.11. The predicted molar refractivity (Wildman–Crippen MR) is 119 cm³/mol. The zero-order valence-corrected chi connectivity index (χ0v) is 18.9. The van der Waals surface area contributed by atoms with Crippen LogP contribution in [-0.2, 0) is 21.2 Å². The van der Waals surface area contributed by atoms with Gasteiger partial charge in [-0.1, -0.05) is 0 Å². The van der Waals surface area contributed by atoms with Crippen molar-refractivity contribution in [1.29, 1.82) is 0 Å².